The number of imidazole rings is 1. The van der Waals surface area contributed by atoms with Crippen LogP contribution in [0.15, 0.2) is 22.8 Å². The largest absolute Gasteiger partial charge is 0.370 e. The van der Waals surface area contributed by atoms with Crippen LogP contribution in [0.4, 0.5) is 0 Å². The van der Waals surface area contributed by atoms with Crippen molar-refractivity contribution in [2.24, 2.45) is 10.7 Å². The third-order valence-corrected chi connectivity index (χ3v) is 3.77. The Hall–Kier alpha value is -1.56. The Morgan fingerprint density at radius 3 is 3.24 bits per heavy atom. The normalized spacial score (nSPS) is 16.6. The van der Waals surface area contributed by atoms with Crippen LogP contribution >= 0.6 is 11.3 Å². The molecule has 0 aromatic carbocycles. The lowest BCUT2D eigenvalue weighted by Crippen LogP contribution is -2.35. The lowest BCUT2D eigenvalue weighted by atomic mass is 10.5. The van der Waals surface area contributed by atoms with E-state index in [9.17, 15) is 0 Å². The Labute approximate surface area is 104 Å². The van der Waals surface area contributed by atoms with E-state index in [4.69, 9.17) is 5.73 Å². The van der Waals surface area contributed by atoms with Crippen molar-refractivity contribution in [2.75, 3.05) is 7.05 Å². The molecule has 1 fully saturated rings. The second kappa shape index (κ2) is 4.03. The minimum atomic E-state index is 0.553. The summed E-state index contributed by atoms with van der Waals surface area (Å²) < 4.78 is 2.01. The molecule has 0 saturated heterocycles. The van der Waals surface area contributed by atoms with Crippen LogP contribution in [-0.4, -0.2) is 33.3 Å². The summed E-state index contributed by atoms with van der Waals surface area (Å²) >= 11 is 1.63. The SMILES string of the molecule is CN(C(N)=NCc1cn2ccsc2n1)C1CC1. The molecule has 2 N–H and O–H groups in total. The van der Waals surface area contributed by atoms with Crippen LogP contribution in [-0.2, 0) is 6.54 Å². The average Bonchev–Trinajstić information content (AvgIpc) is 2.95. The summed E-state index contributed by atoms with van der Waals surface area (Å²) in [6.45, 7) is 0.553. The van der Waals surface area contributed by atoms with Gasteiger partial charge in [0, 0.05) is 30.9 Å². The first-order chi connectivity index (χ1) is 8.24. The predicted molar refractivity (Wildman–Crippen MR) is 69.2 cm³/mol. The minimum absolute atomic E-state index is 0.553. The second-order valence-corrected chi connectivity index (χ2v) is 5.21. The quantitative estimate of drug-likeness (QED) is 0.659. The highest BCUT2D eigenvalue weighted by Gasteiger charge is 2.27. The number of hydrogen-bond donors (Lipinski definition) is 1. The van der Waals surface area contributed by atoms with Crippen molar-refractivity contribution >= 4 is 22.3 Å². The zero-order chi connectivity index (χ0) is 11.8. The molecule has 0 unspecified atom stereocenters. The summed E-state index contributed by atoms with van der Waals surface area (Å²) in [5, 5.41) is 2.02. The first-order valence-corrected chi connectivity index (χ1v) is 6.56. The molecule has 2 heterocycles. The van der Waals surface area contributed by atoms with Crippen molar-refractivity contribution in [2.45, 2.75) is 25.4 Å². The first-order valence-electron chi connectivity index (χ1n) is 5.68. The fourth-order valence-electron chi connectivity index (χ4n) is 1.77. The van der Waals surface area contributed by atoms with Crippen LogP contribution in [0.3, 0.4) is 0 Å². The summed E-state index contributed by atoms with van der Waals surface area (Å²) in [7, 11) is 2.00. The molecule has 0 bridgehead atoms. The number of rotatable bonds is 3. The number of thiazole rings is 1. The van der Waals surface area contributed by atoms with Crippen molar-refractivity contribution < 1.29 is 0 Å². The molecule has 6 heteroatoms. The molecule has 0 aliphatic heterocycles. The van der Waals surface area contributed by atoms with Gasteiger partial charge in [0.2, 0.25) is 0 Å². The molecular weight excluding hydrogens is 234 g/mol. The molecule has 17 heavy (non-hydrogen) atoms. The van der Waals surface area contributed by atoms with Gasteiger partial charge in [0.1, 0.15) is 0 Å². The second-order valence-electron chi connectivity index (χ2n) is 4.34. The van der Waals surface area contributed by atoms with Crippen LogP contribution in [0.1, 0.15) is 18.5 Å². The number of fused-ring (bicyclic) bond motifs is 1. The highest BCUT2D eigenvalue weighted by Crippen LogP contribution is 2.24. The average molecular weight is 249 g/mol. The lowest BCUT2D eigenvalue weighted by Gasteiger charge is -2.16. The van der Waals surface area contributed by atoms with Crippen LogP contribution in [0.2, 0.25) is 0 Å². The van der Waals surface area contributed by atoms with Crippen LogP contribution < -0.4 is 5.73 Å². The van der Waals surface area contributed by atoms with Gasteiger partial charge >= 0.3 is 0 Å². The standard InChI is InChI=1S/C11H15N5S/c1-15(9-2-3-9)10(12)13-6-8-7-16-4-5-17-11(16)14-8/h4-5,7,9H,2-3,6H2,1H3,(H2,12,13). The Morgan fingerprint density at radius 1 is 1.71 bits per heavy atom. The van der Waals surface area contributed by atoms with E-state index in [1.54, 1.807) is 11.3 Å². The Morgan fingerprint density at radius 2 is 2.53 bits per heavy atom. The van der Waals surface area contributed by atoms with Gasteiger partial charge in [-0.05, 0) is 12.8 Å². The molecule has 0 radical (unpaired) electrons. The molecule has 90 valence electrons. The maximum Gasteiger partial charge on any atom is 0.193 e. The topological polar surface area (TPSA) is 58.9 Å². The first kappa shape index (κ1) is 10.6. The molecule has 5 nitrogen and oxygen atoms in total. The molecule has 1 saturated carbocycles. The van der Waals surface area contributed by atoms with Gasteiger partial charge in [-0.2, -0.15) is 0 Å². The number of guanidine groups is 1. The summed E-state index contributed by atoms with van der Waals surface area (Å²) in [6.07, 6.45) is 6.46. The highest BCUT2D eigenvalue weighted by molar-refractivity contribution is 7.15. The summed E-state index contributed by atoms with van der Waals surface area (Å²) in [5.74, 6) is 0.615. The molecule has 0 spiro atoms. The van der Waals surface area contributed by atoms with E-state index in [0.717, 1.165) is 10.7 Å². The van der Waals surface area contributed by atoms with E-state index in [0.29, 0.717) is 18.5 Å². The van der Waals surface area contributed by atoms with Gasteiger partial charge < -0.3 is 10.6 Å². The van der Waals surface area contributed by atoms with E-state index in [2.05, 4.69) is 14.9 Å². The molecule has 3 rings (SSSR count). The molecule has 1 aliphatic rings. The smallest absolute Gasteiger partial charge is 0.193 e. The fourth-order valence-corrected chi connectivity index (χ4v) is 2.49. The molecule has 1 aliphatic carbocycles. The number of nitrogens with two attached hydrogens (primary N) is 1. The molecule has 0 atom stereocenters. The van der Waals surface area contributed by atoms with Gasteiger partial charge in [-0.3, -0.25) is 4.40 Å². The van der Waals surface area contributed by atoms with Gasteiger partial charge in [-0.15, -0.1) is 11.3 Å². The lowest BCUT2D eigenvalue weighted by molar-refractivity contribution is 0.487. The van der Waals surface area contributed by atoms with Crippen LogP contribution in [0, 0.1) is 0 Å². The van der Waals surface area contributed by atoms with Crippen molar-refractivity contribution in [3.8, 4) is 0 Å². The van der Waals surface area contributed by atoms with Gasteiger partial charge in [-0.25, -0.2) is 9.98 Å². The zero-order valence-corrected chi connectivity index (χ0v) is 10.5. The van der Waals surface area contributed by atoms with Crippen LogP contribution in [0.25, 0.3) is 4.96 Å². The van der Waals surface area contributed by atoms with Crippen molar-refractivity contribution in [1.29, 1.82) is 0 Å². The van der Waals surface area contributed by atoms with Gasteiger partial charge in [0.25, 0.3) is 0 Å². The van der Waals surface area contributed by atoms with Crippen molar-refractivity contribution in [3.05, 3.63) is 23.5 Å². The minimum Gasteiger partial charge on any atom is -0.370 e. The summed E-state index contributed by atoms with van der Waals surface area (Å²) in [4.78, 5) is 11.9. The maximum absolute atomic E-state index is 5.92. The van der Waals surface area contributed by atoms with E-state index in [1.807, 2.05) is 29.2 Å². The monoisotopic (exact) mass is 249 g/mol. The van der Waals surface area contributed by atoms with Crippen molar-refractivity contribution in [1.82, 2.24) is 14.3 Å². The summed E-state index contributed by atoms with van der Waals surface area (Å²) in [6, 6.07) is 0.601. The van der Waals surface area contributed by atoms with E-state index in [1.165, 1.54) is 12.8 Å². The summed E-state index contributed by atoms with van der Waals surface area (Å²) in [5.41, 5.74) is 6.88. The molecule has 2 aromatic rings. The van der Waals surface area contributed by atoms with E-state index in [-0.39, 0.29) is 0 Å². The van der Waals surface area contributed by atoms with E-state index >= 15 is 0 Å². The van der Waals surface area contributed by atoms with E-state index < -0.39 is 0 Å². The third kappa shape index (κ3) is 2.12. The van der Waals surface area contributed by atoms with Crippen molar-refractivity contribution in [3.63, 3.8) is 0 Å². The third-order valence-electron chi connectivity index (χ3n) is 3.00. The van der Waals surface area contributed by atoms with Gasteiger partial charge in [-0.1, -0.05) is 0 Å². The number of nitrogens with zero attached hydrogens (tertiary/aromatic N) is 4. The van der Waals surface area contributed by atoms with Gasteiger partial charge in [0.05, 0.1) is 12.2 Å². The Bertz CT molecular complexity index is 522. The highest BCUT2D eigenvalue weighted by atomic mass is 32.1. The van der Waals surface area contributed by atoms with Crippen LogP contribution in [0.5, 0.6) is 0 Å². The molecular formula is C11H15N5S. The Kier molecular flexibility index (Phi) is 2.51. The Balaban J connectivity index is 1.70. The number of aromatic nitrogens is 2. The predicted octanol–water partition coefficient (Wildman–Crippen LogP) is 1.30. The number of hydrogen-bond acceptors (Lipinski definition) is 3. The zero-order valence-electron chi connectivity index (χ0n) is 9.71. The molecule has 0 amide bonds. The fraction of sp³-hybridized carbons (Fsp3) is 0.455. The van der Waals surface area contributed by atoms with Gasteiger partial charge in [0.15, 0.2) is 10.9 Å². The number of aliphatic imine (C=N–C) groups is 1. The molecule has 2 aromatic heterocycles. The maximum atomic E-state index is 5.92.